The zero-order valence-electron chi connectivity index (χ0n) is 15.1. The maximum Gasteiger partial charge on any atom is 0.291 e. The van der Waals surface area contributed by atoms with Gasteiger partial charge in [-0.1, -0.05) is 60.7 Å². The summed E-state index contributed by atoms with van der Waals surface area (Å²) in [5.74, 6) is 0.180. The lowest BCUT2D eigenvalue weighted by molar-refractivity contribution is 0.0585. The summed E-state index contributed by atoms with van der Waals surface area (Å²) in [5, 5.41) is 0. The van der Waals surface area contributed by atoms with Gasteiger partial charge in [-0.25, -0.2) is 9.97 Å². The largest absolute Gasteiger partial charge is 0.333 e. The Morgan fingerprint density at radius 3 is 1.78 bits per heavy atom. The first kappa shape index (κ1) is 17.4. The van der Waals surface area contributed by atoms with E-state index >= 15 is 0 Å². The van der Waals surface area contributed by atoms with Gasteiger partial charge >= 0.3 is 0 Å². The van der Waals surface area contributed by atoms with Crippen LogP contribution in [0.15, 0.2) is 79.1 Å². The highest BCUT2D eigenvalue weighted by atomic mass is 16.2. The summed E-state index contributed by atoms with van der Waals surface area (Å²) in [6.07, 6.45) is 3.22. The number of benzene rings is 2. The first-order valence-electron chi connectivity index (χ1n) is 9.23. The Morgan fingerprint density at radius 1 is 0.741 bits per heavy atom. The monoisotopic (exact) mass is 358 g/mol. The van der Waals surface area contributed by atoms with Crippen molar-refractivity contribution in [3.05, 3.63) is 96.1 Å². The molecule has 5 heteroatoms. The third-order valence-electron chi connectivity index (χ3n) is 4.95. The maximum atomic E-state index is 12.6. The van der Waals surface area contributed by atoms with Gasteiger partial charge in [0.05, 0.1) is 6.04 Å². The number of rotatable bonds is 4. The Balaban J connectivity index is 1.51. The fourth-order valence-corrected chi connectivity index (χ4v) is 3.62. The molecule has 0 atom stereocenters. The number of nitrogens with zero attached hydrogens (tertiary/aromatic N) is 4. The second-order valence-corrected chi connectivity index (χ2v) is 6.62. The number of amides is 1. The molecule has 1 saturated heterocycles. The number of carbonyl (C=O) groups excluding carboxylic acids is 1. The highest BCUT2D eigenvalue weighted by Crippen LogP contribution is 2.29. The zero-order valence-corrected chi connectivity index (χ0v) is 15.1. The van der Waals surface area contributed by atoms with E-state index in [9.17, 15) is 4.79 Å². The van der Waals surface area contributed by atoms with Crippen molar-refractivity contribution in [2.24, 2.45) is 0 Å². The molecule has 0 saturated carbocycles. The highest BCUT2D eigenvalue weighted by Gasteiger charge is 2.29. The Kier molecular flexibility index (Phi) is 5.21. The van der Waals surface area contributed by atoms with Crippen LogP contribution in [0.2, 0.25) is 0 Å². The van der Waals surface area contributed by atoms with Crippen molar-refractivity contribution in [2.45, 2.75) is 6.04 Å². The van der Waals surface area contributed by atoms with Gasteiger partial charge in [-0.05, 0) is 17.2 Å². The van der Waals surface area contributed by atoms with Gasteiger partial charge in [0.15, 0.2) is 0 Å². The van der Waals surface area contributed by atoms with Gasteiger partial charge in [0.1, 0.15) is 0 Å². The lowest BCUT2D eigenvalue weighted by atomic mass is 9.96. The van der Waals surface area contributed by atoms with Crippen molar-refractivity contribution in [2.75, 3.05) is 26.2 Å². The first-order chi connectivity index (χ1) is 13.3. The van der Waals surface area contributed by atoms with Gasteiger partial charge in [-0.15, -0.1) is 0 Å². The summed E-state index contributed by atoms with van der Waals surface area (Å²) in [6.45, 7) is 2.97. The minimum Gasteiger partial charge on any atom is -0.333 e. The van der Waals surface area contributed by atoms with Gasteiger partial charge < -0.3 is 4.90 Å². The van der Waals surface area contributed by atoms with Crippen LogP contribution in [-0.4, -0.2) is 51.9 Å². The molecule has 2 heterocycles. The van der Waals surface area contributed by atoms with E-state index in [2.05, 4.69) is 63.4 Å². The van der Waals surface area contributed by atoms with E-state index in [1.165, 1.54) is 11.1 Å². The summed E-state index contributed by atoms with van der Waals surface area (Å²) < 4.78 is 0. The van der Waals surface area contributed by atoms with Crippen LogP contribution in [0.4, 0.5) is 0 Å². The molecule has 1 amide bonds. The van der Waals surface area contributed by atoms with E-state index in [0.717, 1.165) is 13.1 Å². The van der Waals surface area contributed by atoms with E-state index < -0.39 is 0 Å². The fourth-order valence-electron chi connectivity index (χ4n) is 3.62. The molecular formula is C22H22N4O. The van der Waals surface area contributed by atoms with Crippen molar-refractivity contribution < 1.29 is 4.79 Å². The molecule has 1 aliphatic heterocycles. The summed E-state index contributed by atoms with van der Waals surface area (Å²) in [5.41, 5.74) is 2.55. The van der Waals surface area contributed by atoms with E-state index in [0.29, 0.717) is 13.1 Å². The third-order valence-corrected chi connectivity index (χ3v) is 4.95. The maximum absolute atomic E-state index is 12.6. The normalized spacial score (nSPS) is 15.1. The molecule has 0 unspecified atom stereocenters. The van der Waals surface area contributed by atoms with Crippen LogP contribution in [0.1, 0.15) is 27.8 Å². The molecule has 1 fully saturated rings. The minimum atomic E-state index is -0.0915. The summed E-state index contributed by atoms with van der Waals surface area (Å²) in [7, 11) is 0. The quantitative estimate of drug-likeness (QED) is 0.719. The molecule has 0 spiro atoms. The van der Waals surface area contributed by atoms with E-state index in [-0.39, 0.29) is 17.8 Å². The lowest BCUT2D eigenvalue weighted by Crippen LogP contribution is -2.50. The average molecular weight is 358 g/mol. The predicted molar refractivity (Wildman–Crippen MR) is 104 cm³/mol. The molecular weight excluding hydrogens is 336 g/mol. The fraction of sp³-hybridized carbons (Fsp3) is 0.227. The van der Waals surface area contributed by atoms with Crippen LogP contribution in [0, 0.1) is 0 Å². The summed E-state index contributed by atoms with van der Waals surface area (Å²) in [6, 6.07) is 23.0. The predicted octanol–water partition coefficient (Wildman–Crippen LogP) is 3.02. The summed E-state index contributed by atoms with van der Waals surface area (Å²) >= 11 is 0. The smallest absolute Gasteiger partial charge is 0.291 e. The Hall–Kier alpha value is -3.05. The second kappa shape index (κ2) is 8.10. The molecule has 1 aromatic heterocycles. The molecule has 2 aromatic carbocycles. The van der Waals surface area contributed by atoms with Crippen LogP contribution in [0.25, 0.3) is 0 Å². The van der Waals surface area contributed by atoms with Crippen molar-refractivity contribution in [1.29, 1.82) is 0 Å². The van der Waals surface area contributed by atoms with Crippen molar-refractivity contribution >= 4 is 5.91 Å². The number of piperazine rings is 1. The molecule has 0 N–H and O–H groups in total. The van der Waals surface area contributed by atoms with Crippen molar-refractivity contribution in [3.8, 4) is 0 Å². The Morgan fingerprint density at radius 2 is 1.26 bits per heavy atom. The topological polar surface area (TPSA) is 49.3 Å². The van der Waals surface area contributed by atoms with Crippen LogP contribution >= 0.6 is 0 Å². The summed E-state index contributed by atoms with van der Waals surface area (Å²) in [4.78, 5) is 25.1. The molecule has 27 heavy (non-hydrogen) atoms. The highest BCUT2D eigenvalue weighted by molar-refractivity contribution is 5.90. The number of carbonyl (C=O) groups is 1. The Labute approximate surface area is 159 Å². The molecule has 1 aliphatic rings. The molecule has 4 rings (SSSR count). The molecule has 136 valence electrons. The number of aromatic nitrogens is 2. The average Bonchev–Trinajstić information content (AvgIpc) is 2.76. The van der Waals surface area contributed by atoms with Crippen LogP contribution in [-0.2, 0) is 0 Å². The molecule has 0 aliphatic carbocycles. The van der Waals surface area contributed by atoms with E-state index in [1.807, 2.05) is 17.0 Å². The molecule has 0 radical (unpaired) electrons. The van der Waals surface area contributed by atoms with Gasteiger partial charge in [-0.2, -0.15) is 0 Å². The van der Waals surface area contributed by atoms with E-state index in [4.69, 9.17) is 0 Å². The molecule has 3 aromatic rings. The number of hydrogen-bond acceptors (Lipinski definition) is 4. The van der Waals surface area contributed by atoms with Gasteiger partial charge in [-0.3, -0.25) is 9.69 Å². The van der Waals surface area contributed by atoms with Gasteiger partial charge in [0.2, 0.25) is 5.82 Å². The van der Waals surface area contributed by atoms with Gasteiger partial charge in [0, 0.05) is 38.6 Å². The van der Waals surface area contributed by atoms with E-state index in [1.54, 1.807) is 18.5 Å². The van der Waals surface area contributed by atoms with Crippen LogP contribution in [0.5, 0.6) is 0 Å². The lowest BCUT2D eigenvalue weighted by Gasteiger charge is -2.39. The molecule has 5 nitrogen and oxygen atoms in total. The van der Waals surface area contributed by atoms with Crippen LogP contribution in [0.3, 0.4) is 0 Å². The second-order valence-electron chi connectivity index (χ2n) is 6.62. The first-order valence-corrected chi connectivity index (χ1v) is 9.23. The van der Waals surface area contributed by atoms with Crippen LogP contribution < -0.4 is 0 Å². The minimum absolute atomic E-state index is 0.0915. The SMILES string of the molecule is O=C(c1ncccn1)N1CCN(C(c2ccccc2)c2ccccc2)CC1. The van der Waals surface area contributed by atoms with Gasteiger partial charge in [0.25, 0.3) is 5.91 Å². The third kappa shape index (κ3) is 3.88. The molecule has 0 bridgehead atoms. The zero-order chi connectivity index (χ0) is 18.5. The Bertz CT molecular complexity index is 823. The number of hydrogen-bond donors (Lipinski definition) is 0. The van der Waals surface area contributed by atoms with Crippen molar-refractivity contribution in [3.63, 3.8) is 0 Å². The van der Waals surface area contributed by atoms with Crippen molar-refractivity contribution in [1.82, 2.24) is 19.8 Å². The standard InChI is InChI=1S/C22H22N4O/c27-22(21-23-12-7-13-24-21)26-16-14-25(15-17-26)20(18-8-3-1-4-9-18)19-10-5-2-6-11-19/h1-13,20H,14-17H2.